The zero-order chi connectivity index (χ0) is 9.28. The molecular formula is C9H21PSi. The van der Waals surface area contributed by atoms with Crippen LogP contribution in [0.4, 0.5) is 0 Å². The zero-order valence-electron chi connectivity index (χ0n) is 8.95. The lowest BCUT2D eigenvalue weighted by Gasteiger charge is -2.31. The molecule has 0 unspecified atom stereocenters. The van der Waals surface area contributed by atoms with Gasteiger partial charge < -0.3 is 0 Å². The molecule has 0 aliphatic rings. The second-order valence-electron chi connectivity index (χ2n) is 5.07. The molecule has 0 atom stereocenters. The van der Waals surface area contributed by atoms with Crippen LogP contribution in [0.2, 0.25) is 19.6 Å². The van der Waals surface area contributed by atoms with Gasteiger partial charge in [-0.3, -0.25) is 0 Å². The molecule has 0 aliphatic heterocycles. The molecule has 0 aromatic rings. The highest BCUT2D eigenvalue weighted by Crippen LogP contribution is 2.27. The number of hydrogen-bond acceptors (Lipinski definition) is 0. The molecule has 66 valence electrons. The molecule has 2 heteroatoms. The van der Waals surface area contributed by atoms with Crippen LogP contribution >= 0.6 is 8.20 Å². The monoisotopic (exact) mass is 188 g/mol. The van der Waals surface area contributed by atoms with E-state index in [0.29, 0.717) is 5.41 Å². The van der Waals surface area contributed by atoms with Gasteiger partial charge >= 0.3 is 0 Å². The highest BCUT2D eigenvalue weighted by Gasteiger charge is 2.28. The molecule has 11 heavy (non-hydrogen) atoms. The normalized spacial score (nSPS) is 15.4. The third kappa shape index (κ3) is 3.53. The zero-order valence-corrected chi connectivity index (χ0v) is 10.8. The summed E-state index contributed by atoms with van der Waals surface area (Å²) in [6.07, 6.45) is 0. The van der Waals surface area contributed by atoms with E-state index in [9.17, 15) is 0 Å². The maximum absolute atomic E-state index is 2.43. The molecule has 0 spiro atoms. The highest BCUT2D eigenvalue weighted by atomic mass is 31.1. The van der Waals surface area contributed by atoms with Crippen molar-refractivity contribution >= 4 is 21.2 Å². The van der Waals surface area contributed by atoms with E-state index in [1.807, 2.05) is 0 Å². The third-order valence-corrected chi connectivity index (χ3v) is 7.62. The first kappa shape index (κ1) is 11.4. The second kappa shape index (κ2) is 3.41. The Bertz CT molecular complexity index is 141. The quantitative estimate of drug-likeness (QED) is 0.435. The summed E-state index contributed by atoms with van der Waals surface area (Å²) in [5.74, 6) is 0. The fraction of sp³-hybridized carbons (Fsp3) is 0.889. The Morgan fingerprint density at radius 2 is 1.45 bits per heavy atom. The van der Waals surface area contributed by atoms with E-state index in [0.717, 1.165) is 0 Å². The van der Waals surface area contributed by atoms with E-state index in [2.05, 4.69) is 47.1 Å². The van der Waals surface area contributed by atoms with Crippen LogP contribution in [-0.2, 0) is 0 Å². The van der Waals surface area contributed by atoms with Crippen LogP contribution in [0.3, 0.4) is 0 Å². The molecule has 0 aromatic heterocycles. The van der Waals surface area contributed by atoms with E-state index in [-0.39, 0.29) is 0 Å². The van der Waals surface area contributed by atoms with Gasteiger partial charge in [-0.25, -0.2) is 0 Å². The van der Waals surface area contributed by atoms with Crippen molar-refractivity contribution in [2.24, 2.45) is 5.41 Å². The van der Waals surface area contributed by atoms with Crippen LogP contribution in [0, 0.1) is 5.41 Å². The van der Waals surface area contributed by atoms with Gasteiger partial charge in [-0.05, 0) is 12.1 Å². The Balaban J connectivity index is 4.74. The van der Waals surface area contributed by atoms with Crippen molar-refractivity contribution in [1.29, 1.82) is 0 Å². The minimum Gasteiger partial charge on any atom is -0.113 e. The van der Waals surface area contributed by atoms with Crippen LogP contribution < -0.4 is 0 Å². The van der Waals surface area contributed by atoms with Crippen LogP contribution in [0.1, 0.15) is 20.8 Å². The number of rotatable bonds is 1. The maximum atomic E-state index is 2.43. The summed E-state index contributed by atoms with van der Waals surface area (Å²) in [5, 5.41) is 0. The first-order valence-corrected chi connectivity index (χ1v) is 9.01. The van der Waals surface area contributed by atoms with E-state index in [4.69, 9.17) is 0 Å². The highest BCUT2D eigenvalue weighted by molar-refractivity contribution is 7.50. The fourth-order valence-electron chi connectivity index (χ4n) is 1.80. The molecule has 0 saturated heterocycles. The van der Waals surface area contributed by atoms with E-state index >= 15 is 0 Å². The molecule has 0 amide bonds. The predicted octanol–water partition coefficient (Wildman–Crippen LogP) is 3.66. The van der Waals surface area contributed by atoms with Crippen molar-refractivity contribution in [2.45, 2.75) is 40.4 Å². The molecular weight excluding hydrogens is 167 g/mol. The Morgan fingerprint density at radius 3 is 1.45 bits per heavy atom. The minimum absolute atomic E-state index is 0.417. The van der Waals surface area contributed by atoms with Crippen LogP contribution in [0.5, 0.6) is 0 Å². The first-order chi connectivity index (χ1) is 4.69. The van der Waals surface area contributed by atoms with Crippen molar-refractivity contribution in [3.05, 3.63) is 0 Å². The summed E-state index contributed by atoms with van der Waals surface area (Å²) < 4.78 is 0. The van der Waals surface area contributed by atoms with Crippen molar-refractivity contribution < 1.29 is 0 Å². The summed E-state index contributed by atoms with van der Waals surface area (Å²) in [5.41, 5.74) is 0.417. The lowest BCUT2D eigenvalue weighted by atomic mass is 10.0. The predicted molar refractivity (Wildman–Crippen MR) is 60.7 cm³/mol. The first-order valence-electron chi connectivity index (χ1n) is 4.17. The summed E-state index contributed by atoms with van der Waals surface area (Å²) in [4.78, 5) is 1.77. The van der Waals surface area contributed by atoms with Gasteiger partial charge in [-0.15, -0.1) is 8.20 Å². The number of hydrogen-bond donors (Lipinski definition) is 0. The molecule has 0 saturated carbocycles. The Morgan fingerprint density at radius 1 is 1.09 bits per heavy atom. The topological polar surface area (TPSA) is 0 Å². The van der Waals surface area contributed by atoms with Crippen LogP contribution in [-0.4, -0.2) is 19.7 Å². The average molecular weight is 188 g/mol. The SMILES string of the molecule is CP=C(C(C)(C)C)[Si](C)(C)C. The smallest absolute Gasteiger partial charge is 0.0785 e. The molecule has 0 radical (unpaired) electrons. The standard InChI is InChI=1S/C9H21PSi/c1-9(2,3)8(10-4)11(5,6)7/h1-7H3. The van der Waals surface area contributed by atoms with Gasteiger partial charge in [0.1, 0.15) is 0 Å². The lowest BCUT2D eigenvalue weighted by Crippen LogP contribution is -2.40. The second-order valence-corrected chi connectivity index (χ2v) is 11.4. The largest absolute Gasteiger partial charge is 0.113 e. The summed E-state index contributed by atoms with van der Waals surface area (Å²) in [7, 11) is 0.478. The summed E-state index contributed by atoms with van der Waals surface area (Å²) >= 11 is 0. The third-order valence-electron chi connectivity index (χ3n) is 1.64. The van der Waals surface area contributed by atoms with E-state index < -0.39 is 8.07 Å². The van der Waals surface area contributed by atoms with Crippen LogP contribution in [0.25, 0.3) is 0 Å². The fourth-order valence-corrected chi connectivity index (χ4v) is 7.40. The van der Waals surface area contributed by atoms with E-state index in [1.165, 1.54) is 8.20 Å². The Kier molecular flexibility index (Phi) is 3.53. The Labute approximate surface area is 74.2 Å². The molecule has 0 bridgehead atoms. The van der Waals surface area contributed by atoms with Crippen molar-refractivity contribution in [3.63, 3.8) is 0 Å². The molecule has 0 nitrogen and oxygen atoms in total. The maximum Gasteiger partial charge on any atom is 0.0785 e. The van der Waals surface area contributed by atoms with Gasteiger partial charge in [0, 0.05) is 0 Å². The molecule has 0 aliphatic carbocycles. The van der Waals surface area contributed by atoms with Gasteiger partial charge in [-0.2, -0.15) is 0 Å². The van der Waals surface area contributed by atoms with Gasteiger partial charge in [-0.1, -0.05) is 45.3 Å². The van der Waals surface area contributed by atoms with Gasteiger partial charge in [0.2, 0.25) is 0 Å². The average Bonchev–Trinajstić information content (AvgIpc) is 1.56. The van der Waals surface area contributed by atoms with Crippen molar-refractivity contribution in [3.8, 4) is 0 Å². The van der Waals surface area contributed by atoms with Crippen molar-refractivity contribution in [1.82, 2.24) is 0 Å². The minimum atomic E-state index is -1.02. The molecule has 0 rings (SSSR count). The Hall–Kier alpha value is 0.387. The molecule has 0 aromatic carbocycles. The van der Waals surface area contributed by atoms with Gasteiger partial charge in [0.25, 0.3) is 0 Å². The summed E-state index contributed by atoms with van der Waals surface area (Å²) in [6.45, 7) is 16.6. The van der Waals surface area contributed by atoms with Gasteiger partial charge in [0.15, 0.2) is 0 Å². The lowest BCUT2D eigenvalue weighted by molar-refractivity contribution is 0.606. The van der Waals surface area contributed by atoms with Gasteiger partial charge in [0.05, 0.1) is 8.07 Å². The van der Waals surface area contributed by atoms with E-state index in [1.54, 1.807) is 4.92 Å². The summed E-state index contributed by atoms with van der Waals surface area (Å²) in [6, 6.07) is 0. The molecule has 0 fully saturated rings. The molecule has 0 heterocycles. The molecule has 0 N–H and O–H groups in total. The van der Waals surface area contributed by atoms with Crippen LogP contribution in [0.15, 0.2) is 0 Å². The van der Waals surface area contributed by atoms with Crippen molar-refractivity contribution in [2.75, 3.05) is 6.66 Å².